The third-order valence-electron chi connectivity index (χ3n) is 4.94. The predicted molar refractivity (Wildman–Crippen MR) is 117 cm³/mol. The quantitative estimate of drug-likeness (QED) is 0.628. The molecule has 4 heteroatoms. The third kappa shape index (κ3) is 5.32. The van der Waals surface area contributed by atoms with E-state index in [1.165, 1.54) is 5.56 Å². The molecule has 0 heterocycles. The van der Waals surface area contributed by atoms with E-state index in [0.717, 1.165) is 16.7 Å². The highest BCUT2D eigenvalue weighted by molar-refractivity contribution is 6.04. The van der Waals surface area contributed by atoms with E-state index in [4.69, 9.17) is 0 Å². The molecular weight excluding hydrogens is 360 g/mol. The summed E-state index contributed by atoms with van der Waals surface area (Å²) in [6.07, 6.45) is 0.266. The van der Waals surface area contributed by atoms with E-state index >= 15 is 0 Å². The zero-order valence-electron chi connectivity index (χ0n) is 17.0. The second-order valence-corrected chi connectivity index (χ2v) is 7.31. The number of aryl methyl sites for hydroxylation is 2. The van der Waals surface area contributed by atoms with Gasteiger partial charge in [-0.1, -0.05) is 66.2 Å². The molecule has 3 rings (SSSR count). The number of anilines is 1. The standard InChI is InChI=1S/C25H26N2O2/c1-17-13-14-21(18(2)15-17)16-24(28)27-23-12-8-7-11-22(23)25(29)26-19(3)20-9-5-4-6-10-20/h4-15,19H,16H2,1-3H3,(H,26,29)(H,27,28)/t19-/m0/s1. The van der Waals surface area contributed by atoms with E-state index in [1.807, 2.05) is 69.3 Å². The van der Waals surface area contributed by atoms with E-state index in [2.05, 4.69) is 16.7 Å². The molecule has 0 fully saturated rings. The average molecular weight is 386 g/mol. The Bertz CT molecular complexity index is 1010. The van der Waals surface area contributed by atoms with Gasteiger partial charge in [-0.15, -0.1) is 0 Å². The molecule has 0 saturated heterocycles. The molecule has 0 aliphatic heterocycles. The molecule has 0 aliphatic rings. The summed E-state index contributed by atoms with van der Waals surface area (Å²) in [6, 6.07) is 22.8. The number of hydrogen-bond acceptors (Lipinski definition) is 2. The molecule has 4 nitrogen and oxygen atoms in total. The molecule has 0 aliphatic carbocycles. The first kappa shape index (κ1) is 20.3. The van der Waals surface area contributed by atoms with Crippen LogP contribution < -0.4 is 10.6 Å². The lowest BCUT2D eigenvalue weighted by molar-refractivity contribution is -0.115. The van der Waals surface area contributed by atoms with Crippen LogP contribution in [-0.2, 0) is 11.2 Å². The summed E-state index contributed by atoms with van der Waals surface area (Å²) in [4.78, 5) is 25.4. The molecule has 0 bridgehead atoms. The Balaban J connectivity index is 1.71. The fourth-order valence-corrected chi connectivity index (χ4v) is 3.30. The van der Waals surface area contributed by atoms with Crippen LogP contribution in [0.4, 0.5) is 5.69 Å². The Morgan fingerprint density at radius 1 is 0.897 bits per heavy atom. The molecule has 148 valence electrons. The number of rotatable bonds is 6. The monoisotopic (exact) mass is 386 g/mol. The first-order valence-corrected chi connectivity index (χ1v) is 9.75. The van der Waals surface area contributed by atoms with Gasteiger partial charge in [-0.2, -0.15) is 0 Å². The lowest BCUT2D eigenvalue weighted by atomic mass is 10.0. The Hall–Kier alpha value is -3.40. The minimum atomic E-state index is -0.219. The average Bonchev–Trinajstić information content (AvgIpc) is 2.71. The number of carbonyl (C=O) groups excluding carboxylic acids is 2. The second kappa shape index (κ2) is 9.20. The Morgan fingerprint density at radius 3 is 2.31 bits per heavy atom. The van der Waals surface area contributed by atoms with Crippen molar-refractivity contribution in [2.45, 2.75) is 33.2 Å². The van der Waals surface area contributed by atoms with Gasteiger partial charge in [-0.3, -0.25) is 9.59 Å². The maximum atomic E-state index is 12.8. The van der Waals surface area contributed by atoms with Crippen LogP contribution in [-0.4, -0.2) is 11.8 Å². The van der Waals surface area contributed by atoms with Gasteiger partial charge < -0.3 is 10.6 Å². The van der Waals surface area contributed by atoms with E-state index < -0.39 is 0 Å². The smallest absolute Gasteiger partial charge is 0.253 e. The number of hydrogen-bond donors (Lipinski definition) is 2. The van der Waals surface area contributed by atoms with Crippen LogP contribution in [0.3, 0.4) is 0 Å². The van der Waals surface area contributed by atoms with Crippen LogP contribution in [0, 0.1) is 13.8 Å². The summed E-state index contributed by atoms with van der Waals surface area (Å²) < 4.78 is 0. The van der Waals surface area contributed by atoms with E-state index in [-0.39, 0.29) is 24.3 Å². The molecule has 3 aromatic rings. The summed E-state index contributed by atoms with van der Waals surface area (Å²) in [7, 11) is 0. The fourth-order valence-electron chi connectivity index (χ4n) is 3.30. The summed E-state index contributed by atoms with van der Waals surface area (Å²) >= 11 is 0. The highest BCUT2D eigenvalue weighted by Crippen LogP contribution is 2.19. The van der Waals surface area contributed by atoms with Gasteiger partial charge >= 0.3 is 0 Å². The van der Waals surface area contributed by atoms with Crippen molar-refractivity contribution in [2.75, 3.05) is 5.32 Å². The Morgan fingerprint density at radius 2 is 1.59 bits per heavy atom. The maximum absolute atomic E-state index is 12.8. The van der Waals surface area contributed by atoms with Crippen LogP contribution in [0.15, 0.2) is 72.8 Å². The summed E-state index contributed by atoms with van der Waals surface area (Å²) in [5.74, 6) is -0.364. The molecule has 0 aromatic heterocycles. The number of benzene rings is 3. The predicted octanol–water partition coefficient (Wildman–Crippen LogP) is 4.98. The van der Waals surface area contributed by atoms with Crippen molar-refractivity contribution in [3.05, 3.63) is 101 Å². The maximum Gasteiger partial charge on any atom is 0.253 e. The van der Waals surface area contributed by atoms with Crippen molar-refractivity contribution in [1.29, 1.82) is 0 Å². The molecule has 1 atom stereocenters. The van der Waals surface area contributed by atoms with Crippen molar-refractivity contribution in [3.63, 3.8) is 0 Å². The first-order chi connectivity index (χ1) is 13.9. The molecule has 29 heavy (non-hydrogen) atoms. The van der Waals surface area contributed by atoms with Crippen LogP contribution in [0.2, 0.25) is 0 Å². The molecule has 0 saturated carbocycles. The van der Waals surface area contributed by atoms with Crippen LogP contribution in [0.25, 0.3) is 0 Å². The summed E-state index contributed by atoms with van der Waals surface area (Å²) in [5, 5.41) is 5.90. The van der Waals surface area contributed by atoms with Crippen molar-refractivity contribution >= 4 is 17.5 Å². The molecule has 0 radical (unpaired) electrons. The zero-order chi connectivity index (χ0) is 20.8. The molecule has 0 spiro atoms. The third-order valence-corrected chi connectivity index (χ3v) is 4.94. The largest absolute Gasteiger partial charge is 0.345 e. The first-order valence-electron chi connectivity index (χ1n) is 9.75. The molecule has 3 aromatic carbocycles. The highest BCUT2D eigenvalue weighted by atomic mass is 16.2. The topological polar surface area (TPSA) is 58.2 Å². The van der Waals surface area contributed by atoms with Gasteiger partial charge in [0.2, 0.25) is 5.91 Å². The van der Waals surface area contributed by atoms with Gasteiger partial charge in [0.25, 0.3) is 5.91 Å². The van der Waals surface area contributed by atoms with Gasteiger partial charge in [-0.05, 0) is 49.6 Å². The zero-order valence-corrected chi connectivity index (χ0v) is 17.0. The van der Waals surface area contributed by atoms with E-state index in [1.54, 1.807) is 18.2 Å². The fraction of sp³-hybridized carbons (Fsp3) is 0.200. The second-order valence-electron chi connectivity index (χ2n) is 7.31. The number of para-hydroxylation sites is 1. The molecule has 2 amide bonds. The van der Waals surface area contributed by atoms with Gasteiger partial charge in [0.05, 0.1) is 23.7 Å². The minimum Gasteiger partial charge on any atom is -0.345 e. The number of nitrogens with one attached hydrogen (secondary N) is 2. The molecule has 2 N–H and O–H groups in total. The Labute approximate surface area is 172 Å². The minimum absolute atomic E-state index is 0.136. The number of carbonyl (C=O) groups is 2. The van der Waals surface area contributed by atoms with Gasteiger partial charge in [0.1, 0.15) is 0 Å². The van der Waals surface area contributed by atoms with Crippen molar-refractivity contribution < 1.29 is 9.59 Å². The van der Waals surface area contributed by atoms with Crippen LogP contribution in [0.5, 0.6) is 0 Å². The Kier molecular flexibility index (Phi) is 6.45. The van der Waals surface area contributed by atoms with E-state index in [9.17, 15) is 9.59 Å². The lowest BCUT2D eigenvalue weighted by Crippen LogP contribution is -2.28. The normalized spacial score (nSPS) is 11.6. The van der Waals surface area contributed by atoms with Crippen LogP contribution >= 0.6 is 0 Å². The SMILES string of the molecule is Cc1ccc(CC(=O)Nc2ccccc2C(=O)N[C@@H](C)c2ccccc2)c(C)c1. The lowest BCUT2D eigenvalue weighted by Gasteiger charge is -2.16. The van der Waals surface area contributed by atoms with Crippen molar-refractivity contribution in [1.82, 2.24) is 5.32 Å². The molecule has 0 unspecified atom stereocenters. The molecular formula is C25H26N2O2. The van der Waals surface area contributed by atoms with Crippen molar-refractivity contribution in [3.8, 4) is 0 Å². The number of amides is 2. The summed E-state index contributed by atoms with van der Waals surface area (Å²) in [5.41, 5.74) is 5.22. The van der Waals surface area contributed by atoms with E-state index in [0.29, 0.717) is 11.3 Å². The van der Waals surface area contributed by atoms with Gasteiger partial charge in [0, 0.05) is 0 Å². The van der Waals surface area contributed by atoms with Gasteiger partial charge in [-0.25, -0.2) is 0 Å². The van der Waals surface area contributed by atoms with Gasteiger partial charge in [0.15, 0.2) is 0 Å². The van der Waals surface area contributed by atoms with Crippen molar-refractivity contribution in [2.24, 2.45) is 0 Å². The summed E-state index contributed by atoms with van der Waals surface area (Å²) in [6.45, 7) is 5.97. The van der Waals surface area contributed by atoms with Crippen LogP contribution in [0.1, 0.15) is 45.6 Å². The highest BCUT2D eigenvalue weighted by Gasteiger charge is 2.16.